The SMILES string of the molecule is CCCC1CCC(NCC2COC(C)(C)O2)CC1. The van der Waals surface area contributed by atoms with Crippen LogP contribution in [0.4, 0.5) is 0 Å². The summed E-state index contributed by atoms with van der Waals surface area (Å²) in [7, 11) is 0. The molecule has 2 aliphatic rings. The summed E-state index contributed by atoms with van der Waals surface area (Å²) in [5, 5.41) is 3.66. The zero-order valence-electron chi connectivity index (χ0n) is 12.2. The summed E-state index contributed by atoms with van der Waals surface area (Å²) in [6.45, 7) is 7.94. The summed E-state index contributed by atoms with van der Waals surface area (Å²) in [5.41, 5.74) is 0. The van der Waals surface area contributed by atoms with Gasteiger partial charge in [-0.05, 0) is 45.4 Å². The summed E-state index contributed by atoms with van der Waals surface area (Å²) < 4.78 is 11.4. The monoisotopic (exact) mass is 255 g/mol. The van der Waals surface area contributed by atoms with E-state index in [1.807, 2.05) is 13.8 Å². The van der Waals surface area contributed by atoms with Gasteiger partial charge in [0.15, 0.2) is 5.79 Å². The van der Waals surface area contributed by atoms with Crippen molar-refractivity contribution in [2.75, 3.05) is 13.2 Å². The normalized spacial score (nSPS) is 35.8. The Balaban J connectivity index is 1.61. The lowest BCUT2D eigenvalue weighted by Gasteiger charge is -2.29. The molecular formula is C15H29NO2. The standard InChI is InChI=1S/C15H29NO2/c1-4-5-12-6-8-13(9-7-12)16-10-14-11-17-15(2,3)18-14/h12-14,16H,4-11H2,1-3H3. The van der Waals surface area contributed by atoms with Crippen LogP contribution in [0.3, 0.4) is 0 Å². The van der Waals surface area contributed by atoms with E-state index < -0.39 is 0 Å². The minimum absolute atomic E-state index is 0.230. The number of nitrogens with one attached hydrogen (secondary N) is 1. The van der Waals surface area contributed by atoms with Gasteiger partial charge in [-0.25, -0.2) is 0 Å². The lowest BCUT2D eigenvalue weighted by molar-refractivity contribution is -0.138. The summed E-state index contributed by atoms with van der Waals surface area (Å²) in [4.78, 5) is 0. The minimum Gasteiger partial charge on any atom is -0.348 e. The first-order valence-electron chi connectivity index (χ1n) is 7.64. The van der Waals surface area contributed by atoms with Crippen molar-refractivity contribution in [1.29, 1.82) is 0 Å². The molecule has 2 rings (SSSR count). The molecular weight excluding hydrogens is 226 g/mol. The zero-order valence-corrected chi connectivity index (χ0v) is 12.2. The molecule has 0 spiro atoms. The van der Waals surface area contributed by atoms with Crippen LogP contribution < -0.4 is 5.32 Å². The Morgan fingerprint density at radius 1 is 1.17 bits per heavy atom. The van der Waals surface area contributed by atoms with Gasteiger partial charge in [-0.2, -0.15) is 0 Å². The van der Waals surface area contributed by atoms with Crippen LogP contribution in [-0.2, 0) is 9.47 Å². The summed E-state index contributed by atoms with van der Waals surface area (Å²) in [5.74, 6) is 0.601. The molecule has 1 N–H and O–H groups in total. The lowest BCUT2D eigenvalue weighted by atomic mass is 9.83. The molecule has 106 valence electrons. The van der Waals surface area contributed by atoms with Crippen molar-refractivity contribution < 1.29 is 9.47 Å². The van der Waals surface area contributed by atoms with Crippen molar-refractivity contribution in [2.24, 2.45) is 5.92 Å². The topological polar surface area (TPSA) is 30.5 Å². The van der Waals surface area contributed by atoms with Crippen LogP contribution in [0.5, 0.6) is 0 Å². The number of hydrogen-bond donors (Lipinski definition) is 1. The molecule has 1 heterocycles. The quantitative estimate of drug-likeness (QED) is 0.819. The van der Waals surface area contributed by atoms with Crippen LogP contribution in [0.15, 0.2) is 0 Å². The van der Waals surface area contributed by atoms with Crippen LogP contribution in [-0.4, -0.2) is 31.1 Å². The van der Waals surface area contributed by atoms with Gasteiger partial charge in [0, 0.05) is 12.6 Å². The van der Waals surface area contributed by atoms with Gasteiger partial charge in [0.05, 0.1) is 12.7 Å². The Hall–Kier alpha value is -0.120. The number of ether oxygens (including phenoxy) is 2. The van der Waals surface area contributed by atoms with Gasteiger partial charge in [-0.1, -0.05) is 19.8 Å². The summed E-state index contributed by atoms with van der Waals surface area (Å²) in [6.07, 6.45) is 8.46. The van der Waals surface area contributed by atoms with E-state index in [1.165, 1.54) is 38.5 Å². The van der Waals surface area contributed by atoms with Gasteiger partial charge in [-0.15, -0.1) is 0 Å². The Kier molecular flexibility index (Phi) is 5.05. The fourth-order valence-electron chi connectivity index (χ4n) is 3.23. The van der Waals surface area contributed by atoms with E-state index in [1.54, 1.807) is 0 Å². The van der Waals surface area contributed by atoms with E-state index in [9.17, 15) is 0 Å². The fourth-order valence-corrected chi connectivity index (χ4v) is 3.23. The summed E-state index contributed by atoms with van der Waals surface area (Å²) >= 11 is 0. The Bertz CT molecular complexity index is 247. The lowest BCUT2D eigenvalue weighted by Crippen LogP contribution is -2.39. The second kappa shape index (κ2) is 6.36. The molecule has 0 amide bonds. The maximum absolute atomic E-state index is 5.81. The first-order chi connectivity index (χ1) is 8.59. The predicted octanol–water partition coefficient (Wildman–Crippen LogP) is 3.09. The third kappa shape index (κ3) is 4.22. The molecule has 0 radical (unpaired) electrons. The van der Waals surface area contributed by atoms with Crippen molar-refractivity contribution in [3.63, 3.8) is 0 Å². The molecule has 0 aromatic rings. The molecule has 1 saturated carbocycles. The molecule has 0 aromatic heterocycles. The highest BCUT2D eigenvalue weighted by Crippen LogP contribution is 2.28. The van der Waals surface area contributed by atoms with Crippen molar-refractivity contribution >= 4 is 0 Å². The molecule has 18 heavy (non-hydrogen) atoms. The third-order valence-electron chi connectivity index (χ3n) is 4.25. The van der Waals surface area contributed by atoms with Crippen LogP contribution in [0.1, 0.15) is 59.3 Å². The number of rotatable bonds is 5. The van der Waals surface area contributed by atoms with E-state index in [4.69, 9.17) is 9.47 Å². The van der Waals surface area contributed by atoms with Gasteiger partial charge < -0.3 is 14.8 Å². The Morgan fingerprint density at radius 3 is 2.44 bits per heavy atom. The first-order valence-corrected chi connectivity index (χ1v) is 7.64. The van der Waals surface area contributed by atoms with Gasteiger partial charge in [0.1, 0.15) is 0 Å². The van der Waals surface area contributed by atoms with E-state index in [0.29, 0.717) is 6.04 Å². The molecule has 1 saturated heterocycles. The largest absolute Gasteiger partial charge is 0.348 e. The van der Waals surface area contributed by atoms with Gasteiger partial charge in [0.2, 0.25) is 0 Å². The van der Waals surface area contributed by atoms with Gasteiger partial charge in [0.25, 0.3) is 0 Å². The smallest absolute Gasteiger partial charge is 0.163 e. The van der Waals surface area contributed by atoms with Crippen molar-refractivity contribution in [2.45, 2.75) is 77.2 Å². The highest BCUT2D eigenvalue weighted by Gasteiger charge is 2.32. The first kappa shape index (κ1) is 14.3. The zero-order chi connectivity index (χ0) is 13.0. The van der Waals surface area contributed by atoms with Crippen molar-refractivity contribution in [3.8, 4) is 0 Å². The second-order valence-corrected chi connectivity index (χ2v) is 6.37. The van der Waals surface area contributed by atoms with E-state index >= 15 is 0 Å². The maximum Gasteiger partial charge on any atom is 0.163 e. The molecule has 1 aliphatic carbocycles. The second-order valence-electron chi connectivity index (χ2n) is 6.37. The molecule has 3 heteroatoms. The molecule has 1 aliphatic heterocycles. The summed E-state index contributed by atoms with van der Waals surface area (Å²) in [6, 6.07) is 0.699. The van der Waals surface area contributed by atoms with Crippen LogP contribution in [0.2, 0.25) is 0 Å². The average molecular weight is 255 g/mol. The van der Waals surface area contributed by atoms with Crippen LogP contribution >= 0.6 is 0 Å². The molecule has 2 fully saturated rings. The molecule has 1 unspecified atom stereocenters. The minimum atomic E-state index is -0.384. The van der Waals surface area contributed by atoms with Crippen LogP contribution in [0.25, 0.3) is 0 Å². The molecule has 1 atom stereocenters. The Morgan fingerprint density at radius 2 is 1.89 bits per heavy atom. The number of hydrogen-bond acceptors (Lipinski definition) is 3. The maximum atomic E-state index is 5.81. The van der Waals surface area contributed by atoms with Crippen molar-refractivity contribution in [3.05, 3.63) is 0 Å². The molecule has 3 nitrogen and oxygen atoms in total. The predicted molar refractivity (Wildman–Crippen MR) is 73.6 cm³/mol. The van der Waals surface area contributed by atoms with Gasteiger partial charge >= 0.3 is 0 Å². The highest BCUT2D eigenvalue weighted by molar-refractivity contribution is 4.80. The fraction of sp³-hybridized carbons (Fsp3) is 1.00. The van der Waals surface area contributed by atoms with E-state index in [-0.39, 0.29) is 11.9 Å². The molecule has 0 bridgehead atoms. The van der Waals surface area contributed by atoms with Crippen molar-refractivity contribution in [1.82, 2.24) is 5.32 Å². The van der Waals surface area contributed by atoms with Gasteiger partial charge in [-0.3, -0.25) is 0 Å². The highest BCUT2D eigenvalue weighted by atomic mass is 16.7. The van der Waals surface area contributed by atoms with E-state index in [0.717, 1.165) is 19.1 Å². The Labute approximate surface area is 112 Å². The average Bonchev–Trinajstić information content (AvgIpc) is 2.69. The van der Waals surface area contributed by atoms with Crippen LogP contribution in [0, 0.1) is 5.92 Å². The molecule has 0 aromatic carbocycles. The third-order valence-corrected chi connectivity index (χ3v) is 4.25. The van der Waals surface area contributed by atoms with E-state index in [2.05, 4.69) is 12.2 Å².